The summed E-state index contributed by atoms with van der Waals surface area (Å²) in [5.41, 5.74) is 0.544. The molecule has 0 fully saturated rings. The van der Waals surface area contributed by atoms with E-state index in [1.165, 1.54) is 24.3 Å². The van der Waals surface area contributed by atoms with Gasteiger partial charge in [-0.2, -0.15) is 0 Å². The van der Waals surface area contributed by atoms with Gasteiger partial charge >= 0.3 is 5.97 Å². The zero-order valence-electron chi connectivity index (χ0n) is 12.4. The van der Waals surface area contributed by atoms with Crippen molar-refractivity contribution in [1.29, 1.82) is 0 Å². The van der Waals surface area contributed by atoms with Gasteiger partial charge in [0.05, 0.1) is 5.56 Å². The summed E-state index contributed by atoms with van der Waals surface area (Å²) in [7, 11) is 0. The zero-order valence-corrected chi connectivity index (χ0v) is 13.1. The summed E-state index contributed by atoms with van der Waals surface area (Å²) in [6.07, 6.45) is -0.554. The van der Waals surface area contributed by atoms with Crippen molar-refractivity contribution in [2.75, 3.05) is 6.54 Å². The second kappa shape index (κ2) is 7.74. The second-order valence-electron chi connectivity index (χ2n) is 4.82. The molecule has 1 amide bonds. The molecule has 1 N–H and O–H groups in total. The highest BCUT2D eigenvalue weighted by atomic mass is 35.5. The van der Waals surface area contributed by atoms with E-state index in [0.29, 0.717) is 10.6 Å². The Labute approximate surface area is 138 Å². The third kappa shape index (κ3) is 4.53. The van der Waals surface area contributed by atoms with E-state index in [-0.39, 0.29) is 12.1 Å². The smallest absolute Gasteiger partial charge is 0.326 e. The minimum atomic E-state index is -0.676. The summed E-state index contributed by atoms with van der Waals surface area (Å²) in [4.78, 5) is 23.6. The number of nitrogens with one attached hydrogen (secondary N) is 1. The Morgan fingerprint density at radius 3 is 2.52 bits per heavy atom. The Balaban J connectivity index is 1.89. The van der Waals surface area contributed by atoms with E-state index in [1.807, 2.05) is 0 Å². The molecule has 0 unspecified atom stereocenters. The lowest BCUT2D eigenvalue weighted by Gasteiger charge is -2.15. The van der Waals surface area contributed by atoms with Crippen LogP contribution in [0.1, 0.15) is 28.9 Å². The molecule has 0 aliphatic heterocycles. The van der Waals surface area contributed by atoms with E-state index in [1.54, 1.807) is 31.2 Å². The van der Waals surface area contributed by atoms with Gasteiger partial charge in [-0.15, -0.1) is 0 Å². The first kappa shape index (κ1) is 17.0. The predicted molar refractivity (Wildman–Crippen MR) is 84.7 cm³/mol. The number of halogens is 2. The van der Waals surface area contributed by atoms with Crippen LogP contribution in [-0.4, -0.2) is 18.4 Å². The van der Waals surface area contributed by atoms with Crippen molar-refractivity contribution >= 4 is 23.5 Å². The van der Waals surface area contributed by atoms with Crippen molar-refractivity contribution in [2.24, 2.45) is 0 Å². The number of carbonyl (C=O) groups is 2. The van der Waals surface area contributed by atoms with Crippen LogP contribution in [0.5, 0.6) is 0 Å². The summed E-state index contributed by atoms with van der Waals surface area (Å²) < 4.78 is 18.7. The van der Waals surface area contributed by atoms with E-state index >= 15 is 0 Å². The molecule has 6 heteroatoms. The molecule has 2 aromatic rings. The van der Waals surface area contributed by atoms with Gasteiger partial charge < -0.3 is 10.1 Å². The van der Waals surface area contributed by atoms with Gasteiger partial charge in [0.15, 0.2) is 0 Å². The highest BCUT2D eigenvalue weighted by Gasteiger charge is 2.16. The number of carbonyl (C=O) groups excluding carboxylic acids is 2. The van der Waals surface area contributed by atoms with Crippen LogP contribution in [-0.2, 0) is 9.53 Å². The minimum absolute atomic E-state index is 0.126. The van der Waals surface area contributed by atoms with Crippen molar-refractivity contribution in [1.82, 2.24) is 5.32 Å². The fourth-order valence-electron chi connectivity index (χ4n) is 2.00. The monoisotopic (exact) mass is 335 g/mol. The van der Waals surface area contributed by atoms with Crippen LogP contribution in [0.25, 0.3) is 0 Å². The summed E-state index contributed by atoms with van der Waals surface area (Å²) in [6, 6.07) is 12.5. The van der Waals surface area contributed by atoms with Crippen molar-refractivity contribution in [3.63, 3.8) is 0 Å². The SMILES string of the molecule is C[C@@H](OC(=O)CNC(=O)c1ccccc1F)c1ccccc1Cl. The first-order chi connectivity index (χ1) is 11.0. The molecule has 0 saturated heterocycles. The Hall–Kier alpha value is -2.40. The number of benzene rings is 2. The van der Waals surface area contributed by atoms with Crippen LogP contribution in [0, 0.1) is 5.82 Å². The fraction of sp³-hybridized carbons (Fsp3) is 0.176. The highest BCUT2D eigenvalue weighted by molar-refractivity contribution is 6.31. The first-order valence-corrected chi connectivity index (χ1v) is 7.33. The Morgan fingerprint density at radius 1 is 1.17 bits per heavy atom. The molecule has 0 aliphatic carbocycles. The van der Waals surface area contributed by atoms with Crippen LogP contribution in [0.3, 0.4) is 0 Å². The third-order valence-corrected chi connectivity index (χ3v) is 3.51. The van der Waals surface area contributed by atoms with E-state index in [2.05, 4.69) is 5.32 Å². The van der Waals surface area contributed by atoms with Gasteiger partial charge in [0, 0.05) is 10.6 Å². The first-order valence-electron chi connectivity index (χ1n) is 6.95. The molecule has 0 spiro atoms. The van der Waals surface area contributed by atoms with Gasteiger partial charge in [-0.25, -0.2) is 4.39 Å². The molecule has 0 heterocycles. The van der Waals surface area contributed by atoms with E-state index in [9.17, 15) is 14.0 Å². The third-order valence-electron chi connectivity index (χ3n) is 3.16. The molecule has 120 valence electrons. The van der Waals surface area contributed by atoms with E-state index < -0.39 is 23.8 Å². The highest BCUT2D eigenvalue weighted by Crippen LogP contribution is 2.24. The standard InChI is InChI=1S/C17H15ClFNO3/c1-11(12-6-2-4-8-14(12)18)23-16(21)10-20-17(22)13-7-3-5-9-15(13)19/h2-9,11H,10H2,1H3,(H,20,22)/t11-/m1/s1. The minimum Gasteiger partial charge on any atom is -0.456 e. The van der Waals surface area contributed by atoms with Gasteiger partial charge in [0.2, 0.25) is 0 Å². The molecule has 0 radical (unpaired) electrons. The molecule has 1 atom stereocenters. The molecular formula is C17H15ClFNO3. The summed E-state index contributed by atoms with van der Waals surface area (Å²) in [5.74, 6) is -1.96. The number of hydrogen-bond acceptors (Lipinski definition) is 3. The normalized spacial score (nSPS) is 11.6. The maximum Gasteiger partial charge on any atom is 0.326 e. The van der Waals surface area contributed by atoms with Crippen LogP contribution < -0.4 is 5.32 Å². The van der Waals surface area contributed by atoms with Crippen molar-refractivity contribution in [3.8, 4) is 0 Å². The van der Waals surface area contributed by atoms with E-state index in [0.717, 1.165) is 0 Å². The quantitative estimate of drug-likeness (QED) is 0.851. The van der Waals surface area contributed by atoms with Crippen LogP contribution in [0.4, 0.5) is 4.39 Å². The van der Waals surface area contributed by atoms with Gasteiger partial charge in [0.25, 0.3) is 5.91 Å². The lowest BCUT2D eigenvalue weighted by Crippen LogP contribution is -2.31. The van der Waals surface area contributed by atoms with Gasteiger partial charge in [-0.05, 0) is 25.1 Å². The maximum atomic E-state index is 13.4. The number of ether oxygens (including phenoxy) is 1. The molecule has 23 heavy (non-hydrogen) atoms. The molecule has 0 bridgehead atoms. The zero-order chi connectivity index (χ0) is 16.8. The molecule has 4 nitrogen and oxygen atoms in total. The van der Waals surface area contributed by atoms with Crippen molar-refractivity contribution < 1.29 is 18.7 Å². The number of hydrogen-bond donors (Lipinski definition) is 1. The van der Waals surface area contributed by atoms with Crippen LogP contribution in [0.15, 0.2) is 48.5 Å². The molecule has 0 saturated carbocycles. The molecular weight excluding hydrogens is 321 g/mol. The lowest BCUT2D eigenvalue weighted by molar-refractivity contribution is -0.147. The Kier molecular flexibility index (Phi) is 5.71. The summed E-state index contributed by atoms with van der Waals surface area (Å²) in [5, 5.41) is 2.81. The average molecular weight is 336 g/mol. The molecule has 0 aliphatic rings. The van der Waals surface area contributed by atoms with Gasteiger partial charge in [0.1, 0.15) is 18.5 Å². The largest absolute Gasteiger partial charge is 0.456 e. The Morgan fingerprint density at radius 2 is 1.83 bits per heavy atom. The average Bonchev–Trinajstić information content (AvgIpc) is 2.53. The number of amides is 1. The van der Waals surface area contributed by atoms with Crippen LogP contribution >= 0.6 is 11.6 Å². The number of esters is 1. The molecule has 2 rings (SSSR count). The second-order valence-corrected chi connectivity index (χ2v) is 5.22. The molecule has 0 aromatic heterocycles. The topological polar surface area (TPSA) is 55.4 Å². The number of rotatable bonds is 5. The summed E-state index contributed by atoms with van der Waals surface area (Å²) >= 11 is 6.02. The fourth-order valence-corrected chi connectivity index (χ4v) is 2.29. The molecule has 2 aromatic carbocycles. The Bertz CT molecular complexity index is 720. The lowest BCUT2D eigenvalue weighted by atomic mass is 10.1. The van der Waals surface area contributed by atoms with Crippen molar-refractivity contribution in [2.45, 2.75) is 13.0 Å². The summed E-state index contributed by atoms with van der Waals surface area (Å²) in [6.45, 7) is 1.32. The van der Waals surface area contributed by atoms with E-state index in [4.69, 9.17) is 16.3 Å². The van der Waals surface area contributed by atoms with Gasteiger partial charge in [-0.3, -0.25) is 9.59 Å². The van der Waals surface area contributed by atoms with Crippen molar-refractivity contribution in [3.05, 3.63) is 70.5 Å². The predicted octanol–water partition coefficient (Wildman–Crippen LogP) is 3.51. The maximum absolute atomic E-state index is 13.4. The van der Waals surface area contributed by atoms with Gasteiger partial charge in [-0.1, -0.05) is 41.9 Å². The van der Waals surface area contributed by atoms with Crippen LogP contribution in [0.2, 0.25) is 5.02 Å².